The first-order valence-electron chi connectivity index (χ1n) is 8.36. The largest absolute Gasteiger partial charge is 0.491 e. The molecule has 1 heterocycles. The first kappa shape index (κ1) is 21.2. The number of hydrogen-bond acceptors (Lipinski definition) is 7. The molecule has 0 unspecified atom stereocenters. The quantitative estimate of drug-likeness (QED) is 0.451. The third-order valence-corrected chi connectivity index (χ3v) is 3.33. The summed E-state index contributed by atoms with van der Waals surface area (Å²) in [6.07, 6.45) is 5.41. The van der Waals surface area contributed by atoms with Gasteiger partial charge in [0.1, 0.15) is 6.54 Å². The number of nitrogens with zero attached hydrogens (tertiary/aromatic N) is 1. The Morgan fingerprint density at radius 1 is 1.19 bits per heavy atom. The summed E-state index contributed by atoms with van der Waals surface area (Å²) in [4.78, 5) is 37.7. The molecule has 0 aliphatic rings. The average molecular weight is 368 g/mol. The second-order valence-electron chi connectivity index (χ2n) is 5.42. The minimum absolute atomic E-state index is 0.0490. The number of carboxylic acid groups (broad SMARTS) is 1. The van der Waals surface area contributed by atoms with E-state index in [4.69, 9.17) is 19.3 Å². The first-order valence-corrected chi connectivity index (χ1v) is 8.36. The van der Waals surface area contributed by atoms with Crippen LogP contribution in [0.4, 0.5) is 4.79 Å². The van der Waals surface area contributed by atoms with Gasteiger partial charge in [0.25, 0.3) is 5.88 Å². The molecule has 1 aromatic heterocycles. The highest BCUT2D eigenvalue weighted by Gasteiger charge is 2.16. The molecule has 0 saturated carbocycles. The van der Waals surface area contributed by atoms with Gasteiger partial charge in [0.2, 0.25) is 0 Å². The number of carbonyl (C=O) groups excluding carboxylic acids is 2. The maximum atomic E-state index is 12.0. The molecule has 1 amide bonds. The zero-order valence-corrected chi connectivity index (χ0v) is 14.9. The molecule has 9 nitrogen and oxygen atoms in total. The second kappa shape index (κ2) is 11.7. The molecule has 144 valence electrons. The highest BCUT2D eigenvalue weighted by molar-refractivity contribution is 5.89. The Labute approximate surface area is 151 Å². The van der Waals surface area contributed by atoms with Crippen LogP contribution >= 0.6 is 0 Å². The first-order chi connectivity index (χ1) is 12.5. The molecule has 2 N–H and O–H groups in total. The summed E-state index contributed by atoms with van der Waals surface area (Å²) >= 11 is 0. The van der Waals surface area contributed by atoms with E-state index < -0.39 is 24.6 Å². The molecule has 1 aromatic rings. The number of esters is 1. The number of hydrogen-bond donors (Lipinski definition) is 2. The molecule has 9 heteroatoms. The monoisotopic (exact) mass is 368 g/mol. The Bertz CT molecular complexity index is 619. The van der Waals surface area contributed by atoms with Crippen molar-refractivity contribution in [2.24, 2.45) is 0 Å². The van der Waals surface area contributed by atoms with Gasteiger partial charge >= 0.3 is 18.0 Å². The number of aromatic nitrogens is 1. The number of nitrogens with one attached hydrogen (secondary N) is 1. The van der Waals surface area contributed by atoms with Crippen molar-refractivity contribution in [3.05, 3.63) is 17.8 Å². The van der Waals surface area contributed by atoms with Gasteiger partial charge in [-0.15, -0.1) is 0 Å². The third kappa shape index (κ3) is 7.82. The van der Waals surface area contributed by atoms with Crippen molar-refractivity contribution in [2.75, 3.05) is 20.3 Å². The van der Waals surface area contributed by atoms with E-state index in [0.29, 0.717) is 6.61 Å². The third-order valence-electron chi connectivity index (χ3n) is 3.33. The number of unbranched alkanes of at least 4 members (excludes halogenated alkanes) is 4. The molecule has 0 saturated heterocycles. The summed E-state index contributed by atoms with van der Waals surface area (Å²) in [5.41, 5.74) is 0.161. The van der Waals surface area contributed by atoms with E-state index in [0.717, 1.165) is 32.1 Å². The number of amides is 1. The van der Waals surface area contributed by atoms with Gasteiger partial charge in [0.15, 0.2) is 5.75 Å². The van der Waals surface area contributed by atoms with E-state index in [1.165, 1.54) is 19.4 Å². The standard InChI is InChI=1S/C17H24N2O7/c1-3-4-5-6-7-8-25-16(22)12-9-13(24-2)15(18-10-12)26-17(23)19-11-14(20)21/h9-10H,3-8,11H2,1-2H3,(H,19,23)(H,20,21). The molecule has 0 aliphatic carbocycles. The van der Waals surface area contributed by atoms with Crippen LogP contribution in [0.5, 0.6) is 11.6 Å². The zero-order chi connectivity index (χ0) is 19.4. The van der Waals surface area contributed by atoms with E-state index in [2.05, 4.69) is 11.9 Å². The smallest absolute Gasteiger partial charge is 0.414 e. The van der Waals surface area contributed by atoms with Crippen LogP contribution in [0, 0.1) is 0 Å². The number of carboxylic acids is 1. The Hall–Kier alpha value is -2.84. The molecule has 26 heavy (non-hydrogen) atoms. The normalized spacial score (nSPS) is 10.1. The summed E-state index contributed by atoms with van der Waals surface area (Å²) in [7, 11) is 1.32. The molecule has 1 rings (SSSR count). The van der Waals surface area contributed by atoms with Crippen molar-refractivity contribution in [3.63, 3.8) is 0 Å². The number of methoxy groups -OCH3 is 1. The predicted octanol–water partition coefficient (Wildman–Crippen LogP) is 2.39. The Kier molecular flexibility index (Phi) is 9.52. The zero-order valence-electron chi connectivity index (χ0n) is 14.9. The fraction of sp³-hybridized carbons (Fsp3) is 0.529. The molecule has 0 spiro atoms. The summed E-state index contributed by atoms with van der Waals surface area (Å²) < 4.78 is 15.1. The lowest BCUT2D eigenvalue weighted by Crippen LogP contribution is -2.32. The minimum Gasteiger partial charge on any atom is -0.491 e. The van der Waals surface area contributed by atoms with Gasteiger partial charge in [-0.3, -0.25) is 4.79 Å². The molecular formula is C17H24N2O7. The van der Waals surface area contributed by atoms with Gasteiger partial charge in [-0.25, -0.2) is 14.6 Å². The second-order valence-corrected chi connectivity index (χ2v) is 5.42. The highest BCUT2D eigenvalue weighted by atomic mass is 16.6. The van der Waals surface area contributed by atoms with Crippen molar-refractivity contribution < 1.29 is 33.7 Å². The van der Waals surface area contributed by atoms with Crippen LogP contribution in [-0.2, 0) is 9.53 Å². The average Bonchev–Trinajstić information content (AvgIpc) is 2.63. The van der Waals surface area contributed by atoms with Crippen LogP contribution < -0.4 is 14.8 Å². The molecule has 0 aliphatic heterocycles. The summed E-state index contributed by atoms with van der Waals surface area (Å²) in [5, 5.41) is 10.5. The van der Waals surface area contributed by atoms with Gasteiger partial charge in [-0.2, -0.15) is 0 Å². The topological polar surface area (TPSA) is 124 Å². The van der Waals surface area contributed by atoms with E-state index in [1.807, 2.05) is 5.32 Å². The fourth-order valence-corrected chi connectivity index (χ4v) is 1.99. The Morgan fingerprint density at radius 3 is 2.58 bits per heavy atom. The maximum absolute atomic E-state index is 12.0. The van der Waals surface area contributed by atoms with Gasteiger partial charge in [0.05, 0.1) is 19.3 Å². The molecule has 0 atom stereocenters. The maximum Gasteiger partial charge on any atom is 0.414 e. The van der Waals surface area contributed by atoms with E-state index in [9.17, 15) is 14.4 Å². The highest BCUT2D eigenvalue weighted by Crippen LogP contribution is 2.25. The van der Waals surface area contributed by atoms with Crippen LogP contribution in [0.25, 0.3) is 0 Å². The molecule has 0 radical (unpaired) electrons. The van der Waals surface area contributed by atoms with Crippen LogP contribution in [0.3, 0.4) is 0 Å². The molecule has 0 fully saturated rings. The molecular weight excluding hydrogens is 344 g/mol. The summed E-state index contributed by atoms with van der Waals surface area (Å²) in [6.45, 7) is 1.86. The van der Waals surface area contributed by atoms with Crippen molar-refractivity contribution in [1.29, 1.82) is 0 Å². The van der Waals surface area contributed by atoms with Gasteiger partial charge in [-0.05, 0) is 6.42 Å². The van der Waals surface area contributed by atoms with E-state index in [-0.39, 0.29) is 17.2 Å². The van der Waals surface area contributed by atoms with Crippen LogP contribution in [0.1, 0.15) is 49.4 Å². The van der Waals surface area contributed by atoms with E-state index in [1.54, 1.807) is 0 Å². The van der Waals surface area contributed by atoms with Gasteiger partial charge in [0, 0.05) is 12.3 Å². The van der Waals surface area contributed by atoms with E-state index >= 15 is 0 Å². The van der Waals surface area contributed by atoms with Crippen molar-refractivity contribution in [3.8, 4) is 11.6 Å². The number of aliphatic carboxylic acids is 1. The Morgan fingerprint density at radius 2 is 1.92 bits per heavy atom. The van der Waals surface area contributed by atoms with Crippen LogP contribution in [0.15, 0.2) is 12.3 Å². The van der Waals surface area contributed by atoms with Gasteiger partial charge in [-0.1, -0.05) is 32.6 Å². The Balaban J connectivity index is 2.57. The van der Waals surface area contributed by atoms with Gasteiger partial charge < -0.3 is 24.6 Å². The van der Waals surface area contributed by atoms with Crippen molar-refractivity contribution >= 4 is 18.0 Å². The van der Waals surface area contributed by atoms with Crippen molar-refractivity contribution in [2.45, 2.75) is 39.0 Å². The number of carbonyl (C=O) groups is 3. The lowest BCUT2D eigenvalue weighted by molar-refractivity contribution is -0.135. The lowest BCUT2D eigenvalue weighted by atomic mass is 10.2. The minimum atomic E-state index is -1.21. The SMILES string of the molecule is CCCCCCCOC(=O)c1cnc(OC(=O)NCC(=O)O)c(OC)c1. The fourth-order valence-electron chi connectivity index (χ4n) is 1.99. The van der Waals surface area contributed by atoms with Crippen molar-refractivity contribution in [1.82, 2.24) is 10.3 Å². The summed E-state index contributed by atoms with van der Waals surface area (Å²) in [5.74, 6) is -1.90. The predicted molar refractivity (Wildman–Crippen MR) is 91.5 cm³/mol. The lowest BCUT2D eigenvalue weighted by Gasteiger charge is -2.10. The molecule has 0 bridgehead atoms. The number of rotatable bonds is 11. The number of pyridine rings is 1. The number of ether oxygens (including phenoxy) is 3. The van der Waals surface area contributed by atoms with Crippen LogP contribution in [-0.4, -0.2) is 48.4 Å². The molecule has 0 aromatic carbocycles. The van der Waals surface area contributed by atoms with Crippen LogP contribution in [0.2, 0.25) is 0 Å². The summed E-state index contributed by atoms with van der Waals surface area (Å²) in [6, 6.07) is 1.34.